The zero-order valence-corrected chi connectivity index (χ0v) is 17.0. The first-order valence-electron chi connectivity index (χ1n) is 8.62. The van der Waals surface area contributed by atoms with Crippen molar-refractivity contribution in [3.8, 4) is 5.75 Å². The fourth-order valence-electron chi connectivity index (χ4n) is 2.67. The van der Waals surface area contributed by atoms with Crippen LogP contribution in [0.4, 0.5) is 5.69 Å². The van der Waals surface area contributed by atoms with E-state index in [2.05, 4.69) is 58.5 Å². The molecule has 4 heteroatoms. The van der Waals surface area contributed by atoms with Crippen LogP contribution in [0.25, 0.3) is 0 Å². The summed E-state index contributed by atoms with van der Waals surface area (Å²) >= 11 is 9.59. The van der Waals surface area contributed by atoms with Crippen LogP contribution in [0.2, 0.25) is 5.02 Å². The molecule has 3 aromatic rings. The van der Waals surface area contributed by atoms with Gasteiger partial charge in [0, 0.05) is 27.3 Å². The largest absolute Gasteiger partial charge is 0.489 e. The Bertz CT molecular complexity index is 864. The number of rotatable bonds is 7. The number of benzene rings is 3. The minimum absolute atomic E-state index is 0.486. The highest BCUT2D eigenvalue weighted by molar-refractivity contribution is 9.10. The average Bonchev–Trinajstić information content (AvgIpc) is 2.66. The maximum atomic E-state index is 6.05. The fourth-order valence-corrected chi connectivity index (χ4v) is 3.29. The molecule has 0 atom stereocenters. The molecule has 0 aliphatic heterocycles. The van der Waals surface area contributed by atoms with E-state index in [0.29, 0.717) is 13.2 Å². The van der Waals surface area contributed by atoms with Crippen LogP contribution in [0.5, 0.6) is 5.75 Å². The molecule has 0 spiro atoms. The number of ether oxygens (including phenoxy) is 1. The molecule has 0 heterocycles. The Balaban J connectivity index is 1.68. The molecular formula is C22H21BrClNO. The van der Waals surface area contributed by atoms with E-state index in [1.807, 2.05) is 36.4 Å². The van der Waals surface area contributed by atoms with Crippen LogP contribution in [0.15, 0.2) is 71.2 Å². The molecule has 0 aromatic heterocycles. The van der Waals surface area contributed by atoms with Gasteiger partial charge in [-0.2, -0.15) is 0 Å². The standard InChI is InChI=1S/C22H21BrClNO/c1-2-16-6-9-21(10-7-16)25-14-18-13-19(23)8-11-22(18)26-15-17-4-3-5-20(24)12-17/h3-13,25H,2,14-15H2,1H3. The van der Waals surface area contributed by atoms with Crippen molar-refractivity contribution in [1.82, 2.24) is 0 Å². The maximum Gasteiger partial charge on any atom is 0.124 e. The average molecular weight is 431 g/mol. The highest BCUT2D eigenvalue weighted by Gasteiger charge is 2.06. The number of anilines is 1. The van der Waals surface area contributed by atoms with E-state index in [0.717, 1.165) is 38.5 Å². The van der Waals surface area contributed by atoms with Crippen LogP contribution in [-0.2, 0) is 19.6 Å². The molecule has 0 saturated carbocycles. The number of aryl methyl sites for hydroxylation is 1. The normalized spacial score (nSPS) is 10.6. The molecule has 0 amide bonds. The summed E-state index contributed by atoms with van der Waals surface area (Å²) in [4.78, 5) is 0. The number of hydrogen-bond acceptors (Lipinski definition) is 2. The SMILES string of the molecule is CCc1ccc(NCc2cc(Br)ccc2OCc2cccc(Cl)c2)cc1. The number of halogens is 2. The summed E-state index contributed by atoms with van der Waals surface area (Å²) in [5, 5.41) is 4.19. The van der Waals surface area contributed by atoms with Gasteiger partial charge in [0.25, 0.3) is 0 Å². The van der Waals surface area contributed by atoms with Crippen molar-refractivity contribution >= 4 is 33.2 Å². The van der Waals surface area contributed by atoms with Gasteiger partial charge < -0.3 is 10.1 Å². The van der Waals surface area contributed by atoms with Crippen molar-refractivity contribution in [3.05, 3.63) is 92.9 Å². The first-order chi connectivity index (χ1) is 12.6. The Kier molecular flexibility index (Phi) is 6.59. The lowest BCUT2D eigenvalue weighted by atomic mass is 10.1. The zero-order chi connectivity index (χ0) is 18.4. The van der Waals surface area contributed by atoms with E-state index in [4.69, 9.17) is 16.3 Å². The highest BCUT2D eigenvalue weighted by atomic mass is 79.9. The molecule has 0 unspecified atom stereocenters. The lowest BCUT2D eigenvalue weighted by Gasteiger charge is -2.14. The molecule has 0 bridgehead atoms. The number of hydrogen-bond donors (Lipinski definition) is 1. The summed E-state index contributed by atoms with van der Waals surface area (Å²) < 4.78 is 7.07. The van der Waals surface area contributed by atoms with Crippen molar-refractivity contribution in [1.29, 1.82) is 0 Å². The predicted octanol–water partition coefficient (Wildman–Crippen LogP) is 6.86. The van der Waals surface area contributed by atoms with Gasteiger partial charge in [0.2, 0.25) is 0 Å². The van der Waals surface area contributed by atoms with Crippen molar-refractivity contribution in [2.45, 2.75) is 26.5 Å². The summed E-state index contributed by atoms with van der Waals surface area (Å²) in [6.07, 6.45) is 1.05. The fraction of sp³-hybridized carbons (Fsp3) is 0.182. The van der Waals surface area contributed by atoms with Gasteiger partial charge in [-0.05, 0) is 60.0 Å². The van der Waals surface area contributed by atoms with Crippen LogP contribution >= 0.6 is 27.5 Å². The van der Waals surface area contributed by atoms with E-state index in [-0.39, 0.29) is 0 Å². The Morgan fingerprint density at radius 1 is 0.962 bits per heavy atom. The molecule has 26 heavy (non-hydrogen) atoms. The van der Waals surface area contributed by atoms with Gasteiger partial charge in [-0.3, -0.25) is 0 Å². The molecule has 2 nitrogen and oxygen atoms in total. The van der Waals surface area contributed by atoms with E-state index < -0.39 is 0 Å². The zero-order valence-electron chi connectivity index (χ0n) is 14.6. The lowest BCUT2D eigenvalue weighted by Crippen LogP contribution is -2.04. The topological polar surface area (TPSA) is 21.3 Å². The van der Waals surface area contributed by atoms with Gasteiger partial charge in [-0.1, -0.05) is 58.7 Å². The minimum Gasteiger partial charge on any atom is -0.489 e. The molecular weight excluding hydrogens is 410 g/mol. The molecule has 0 aliphatic rings. The third kappa shape index (κ3) is 5.26. The molecule has 0 aliphatic carbocycles. The minimum atomic E-state index is 0.486. The van der Waals surface area contributed by atoms with E-state index in [9.17, 15) is 0 Å². The molecule has 0 radical (unpaired) electrons. The van der Waals surface area contributed by atoms with Crippen LogP contribution in [0, 0.1) is 0 Å². The van der Waals surface area contributed by atoms with E-state index in [1.165, 1.54) is 5.56 Å². The third-order valence-electron chi connectivity index (χ3n) is 4.15. The van der Waals surface area contributed by atoms with Gasteiger partial charge in [-0.25, -0.2) is 0 Å². The maximum absolute atomic E-state index is 6.05. The summed E-state index contributed by atoms with van der Waals surface area (Å²) in [6, 6.07) is 22.3. The van der Waals surface area contributed by atoms with Gasteiger partial charge in [0.05, 0.1) is 0 Å². The second kappa shape index (κ2) is 9.11. The lowest BCUT2D eigenvalue weighted by molar-refractivity contribution is 0.303. The molecule has 134 valence electrons. The van der Waals surface area contributed by atoms with Gasteiger partial charge in [0.15, 0.2) is 0 Å². The molecule has 0 saturated heterocycles. The van der Waals surface area contributed by atoms with Crippen LogP contribution in [0.1, 0.15) is 23.6 Å². The van der Waals surface area contributed by atoms with Crippen molar-refractivity contribution in [2.24, 2.45) is 0 Å². The number of nitrogens with one attached hydrogen (secondary N) is 1. The van der Waals surface area contributed by atoms with Crippen molar-refractivity contribution in [3.63, 3.8) is 0 Å². The Morgan fingerprint density at radius 3 is 2.50 bits per heavy atom. The second-order valence-electron chi connectivity index (χ2n) is 6.07. The van der Waals surface area contributed by atoms with Crippen LogP contribution < -0.4 is 10.1 Å². The second-order valence-corrected chi connectivity index (χ2v) is 7.43. The molecule has 3 aromatic carbocycles. The predicted molar refractivity (Wildman–Crippen MR) is 113 cm³/mol. The van der Waals surface area contributed by atoms with Crippen LogP contribution in [0.3, 0.4) is 0 Å². The van der Waals surface area contributed by atoms with Gasteiger partial charge >= 0.3 is 0 Å². The summed E-state index contributed by atoms with van der Waals surface area (Å²) in [7, 11) is 0. The third-order valence-corrected chi connectivity index (χ3v) is 4.88. The Labute approximate surface area is 168 Å². The summed E-state index contributed by atoms with van der Waals surface area (Å²) in [5.74, 6) is 0.867. The van der Waals surface area contributed by atoms with Crippen molar-refractivity contribution < 1.29 is 4.74 Å². The smallest absolute Gasteiger partial charge is 0.124 e. The molecule has 3 rings (SSSR count). The summed E-state index contributed by atoms with van der Waals surface area (Å²) in [6.45, 7) is 3.34. The van der Waals surface area contributed by atoms with E-state index >= 15 is 0 Å². The first kappa shape index (κ1) is 18.8. The first-order valence-corrected chi connectivity index (χ1v) is 9.79. The molecule has 0 fully saturated rings. The quantitative estimate of drug-likeness (QED) is 0.442. The van der Waals surface area contributed by atoms with Crippen LogP contribution in [-0.4, -0.2) is 0 Å². The van der Waals surface area contributed by atoms with E-state index in [1.54, 1.807) is 0 Å². The van der Waals surface area contributed by atoms with Gasteiger partial charge in [0.1, 0.15) is 12.4 Å². The Hall–Kier alpha value is -1.97. The highest BCUT2D eigenvalue weighted by Crippen LogP contribution is 2.25. The summed E-state index contributed by atoms with van der Waals surface area (Å²) in [5.41, 5.74) is 4.59. The van der Waals surface area contributed by atoms with Gasteiger partial charge in [-0.15, -0.1) is 0 Å². The monoisotopic (exact) mass is 429 g/mol. The molecule has 1 N–H and O–H groups in total. The van der Waals surface area contributed by atoms with Crippen molar-refractivity contribution in [2.75, 3.05) is 5.32 Å². The Morgan fingerprint density at radius 2 is 1.77 bits per heavy atom.